The maximum atomic E-state index is 10.1. The molecule has 0 heterocycles. The summed E-state index contributed by atoms with van der Waals surface area (Å²) < 4.78 is 5.27. The van der Waals surface area contributed by atoms with Gasteiger partial charge in [0.05, 0.1) is 6.10 Å². The van der Waals surface area contributed by atoms with Gasteiger partial charge in [-0.15, -0.1) is 0 Å². The lowest BCUT2D eigenvalue weighted by molar-refractivity contribution is 0.141. The van der Waals surface area contributed by atoms with Crippen molar-refractivity contribution < 1.29 is 9.84 Å². The van der Waals surface area contributed by atoms with Gasteiger partial charge in [0.1, 0.15) is 0 Å². The SMILES string of the molecule is CCOCCCNCC(O)c1ccc(C(C)CC)cc1. The van der Waals surface area contributed by atoms with Crippen molar-refractivity contribution in [2.24, 2.45) is 0 Å². The maximum Gasteiger partial charge on any atom is 0.0914 e. The van der Waals surface area contributed by atoms with E-state index < -0.39 is 6.10 Å². The molecule has 0 saturated heterocycles. The molecule has 0 spiro atoms. The third-order valence-electron chi connectivity index (χ3n) is 3.69. The van der Waals surface area contributed by atoms with Gasteiger partial charge in [-0.1, -0.05) is 38.1 Å². The van der Waals surface area contributed by atoms with Crippen molar-refractivity contribution in [2.75, 3.05) is 26.3 Å². The van der Waals surface area contributed by atoms with E-state index in [2.05, 4.69) is 31.3 Å². The van der Waals surface area contributed by atoms with Crippen LogP contribution >= 0.6 is 0 Å². The molecule has 0 aliphatic rings. The van der Waals surface area contributed by atoms with Gasteiger partial charge in [0.15, 0.2) is 0 Å². The summed E-state index contributed by atoms with van der Waals surface area (Å²) >= 11 is 0. The average molecular weight is 279 g/mol. The zero-order valence-corrected chi connectivity index (χ0v) is 13.1. The van der Waals surface area contributed by atoms with E-state index in [9.17, 15) is 5.11 Å². The fraction of sp³-hybridized carbons (Fsp3) is 0.647. The van der Waals surface area contributed by atoms with Crippen molar-refractivity contribution in [3.05, 3.63) is 35.4 Å². The molecule has 0 bridgehead atoms. The lowest BCUT2D eigenvalue weighted by Crippen LogP contribution is -2.23. The summed E-state index contributed by atoms with van der Waals surface area (Å²) in [6, 6.07) is 8.33. The Balaban J connectivity index is 2.30. The van der Waals surface area contributed by atoms with Crippen LogP contribution in [0.1, 0.15) is 56.8 Å². The minimum atomic E-state index is -0.437. The summed E-state index contributed by atoms with van der Waals surface area (Å²) in [4.78, 5) is 0. The summed E-state index contributed by atoms with van der Waals surface area (Å²) in [5.41, 5.74) is 2.32. The van der Waals surface area contributed by atoms with Crippen LogP contribution in [0.25, 0.3) is 0 Å². The second-order valence-electron chi connectivity index (χ2n) is 5.25. The molecule has 1 rings (SSSR count). The number of aliphatic hydroxyl groups is 1. The smallest absolute Gasteiger partial charge is 0.0914 e. The topological polar surface area (TPSA) is 41.5 Å². The molecule has 0 aliphatic carbocycles. The average Bonchev–Trinajstić information content (AvgIpc) is 2.50. The highest BCUT2D eigenvalue weighted by atomic mass is 16.5. The van der Waals surface area contributed by atoms with Crippen LogP contribution in [-0.4, -0.2) is 31.4 Å². The quantitative estimate of drug-likeness (QED) is 0.646. The van der Waals surface area contributed by atoms with Gasteiger partial charge in [0, 0.05) is 19.8 Å². The number of ether oxygens (including phenoxy) is 1. The number of nitrogens with one attached hydrogen (secondary N) is 1. The van der Waals surface area contributed by atoms with Gasteiger partial charge in [-0.3, -0.25) is 0 Å². The highest BCUT2D eigenvalue weighted by Crippen LogP contribution is 2.21. The first-order valence-corrected chi connectivity index (χ1v) is 7.75. The molecule has 2 atom stereocenters. The third kappa shape index (κ3) is 6.04. The Labute approximate surface area is 123 Å². The Kier molecular flexibility index (Phi) is 8.51. The number of aliphatic hydroxyl groups excluding tert-OH is 1. The lowest BCUT2D eigenvalue weighted by atomic mass is 9.96. The fourth-order valence-corrected chi connectivity index (χ4v) is 2.08. The molecule has 114 valence electrons. The summed E-state index contributed by atoms with van der Waals surface area (Å²) in [6.07, 6.45) is 1.68. The molecular weight excluding hydrogens is 250 g/mol. The predicted molar refractivity (Wildman–Crippen MR) is 84.1 cm³/mol. The standard InChI is InChI=1S/C17H29NO2/c1-4-14(3)15-7-9-16(10-8-15)17(19)13-18-11-6-12-20-5-2/h7-10,14,17-19H,4-6,11-13H2,1-3H3. The normalized spacial score (nSPS) is 14.2. The van der Waals surface area contributed by atoms with Crippen molar-refractivity contribution in [2.45, 2.75) is 45.6 Å². The molecule has 0 fully saturated rings. The van der Waals surface area contributed by atoms with E-state index in [4.69, 9.17) is 4.74 Å². The van der Waals surface area contributed by atoms with Crippen molar-refractivity contribution in [1.29, 1.82) is 0 Å². The third-order valence-corrected chi connectivity index (χ3v) is 3.69. The fourth-order valence-electron chi connectivity index (χ4n) is 2.08. The highest BCUT2D eigenvalue weighted by molar-refractivity contribution is 5.26. The number of hydrogen-bond acceptors (Lipinski definition) is 3. The Morgan fingerprint density at radius 1 is 1.15 bits per heavy atom. The first-order chi connectivity index (χ1) is 9.69. The Morgan fingerprint density at radius 3 is 2.40 bits per heavy atom. The van der Waals surface area contributed by atoms with E-state index in [1.54, 1.807) is 0 Å². The highest BCUT2D eigenvalue weighted by Gasteiger charge is 2.08. The molecular formula is C17H29NO2. The summed E-state index contributed by atoms with van der Waals surface area (Å²) in [5.74, 6) is 0.581. The summed E-state index contributed by atoms with van der Waals surface area (Å²) in [6.45, 7) is 9.44. The minimum absolute atomic E-state index is 0.437. The van der Waals surface area contributed by atoms with Crippen molar-refractivity contribution >= 4 is 0 Å². The van der Waals surface area contributed by atoms with Crippen molar-refractivity contribution in [1.82, 2.24) is 5.32 Å². The van der Waals surface area contributed by atoms with Crippen LogP contribution in [0, 0.1) is 0 Å². The molecule has 2 N–H and O–H groups in total. The van der Waals surface area contributed by atoms with E-state index in [-0.39, 0.29) is 0 Å². The van der Waals surface area contributed by atoms with Crippen LogP contribution < -0.4 is 5.32 Å². The first kappa shape index (κ1) is 17.2. The van der Waals surface area contributed by atoms with Gasteiger partial charge < -0.3 is 15.2 Å². The number of benzene rings is 1. The summed E-state index contributed by atoms with van der Waals surface area (Å²) in [7, 11) is 0. The van der Waals surface area contributed by atoms with Gasteiger partial charge in [-0.05, 0) is 43.4 Å². The number of hydrogen-bond donors (Lipinski definition) is 2. The first-order valence-electron chi connectivity index (χ1n) is 7.75. The molecule has 3 nitrogen and oxygen atoms in total. The van der Waals surface area contributed by atoms with Gasteiger partial charge in [-0.25, -0.2) is 0 Å². The maximum absolute atomic E-state index is 10.1. The minimum Gasteiger partial charge on any atom is -0.387 e. The van der Waals surface area contributed by atoms with Crippen LogP contribution in [0.15, 0.2) is 24.3 Å². The van der Waals surface area contributed by atoms with E-state index >= 15 is 0 Å². The van der Waals surface area contributed by atoms with Crippen LogP contribution in [-0.2, 0) is 4.74 Å². The van der Waals surface area contributed by atoms with Crippen LogP contribution in [0.3, 0.4) is 0 Å². The molecule has 1 aromatic rings. The van der Waals surface area contributed by atoms with Crippen LogP contribution in [0.2, 0.25) is 0 Å². The van der Waals surface area contributed by atoms with E-state index in [0.29, 0.717) is 12.5 Å². The largest absolute Gasteiger partial charge is 0.387 e. The van der Waals surface area contributed by atoms with Gasteiger partial charge in [0.2, 0.25) is 0 Å². The number of rotatable bonds is 10. The molecule has 0 saturated carbocycles. The Hall–Kier alpha value is -0.900. The van der Waals surface area contributed by atoms with E-state index in [1.165, 1.54) is 5.56 Å². The predicted octanol–water partition coefficient (Wildman–Crippen LogP) is 3.25. The zero-order valence-electron chi connectivity index (χ0n) is 13.1. The Bertz CT molecular complexity index is 351. The molecule has 0 radical (unpaired) electrons. The molecule has 20 heavy (non-hydrogen) atoms. The van der Waals surface area contributed by atoms with Gasteiger partial charge in [0.25, 0.3) is 0 Å². The Morgan fingerprint density at radius 2 is 1.80 bits per heavy atom. The van der Waals surface area contributed by atoms with Crippen molar-refractivity contribution in [3.8, 4) is 0 Å². The van der Waals surface area contributed by atoms with Gasteiger partial charge >= 0.3 is 0 Å². The van der Waals surface area contributed by atoms with Gasteiger partial charge in [-0.2, -0.15) is 0 Å². The molecule has 3 heteroatoms. The second kappa shape index (κ2) is 9.92. The molecule has 0 aliphatic heterocycles. The molecule has 1 aromatic carbocycles. The lowest BCUT2D eigenvalue weighted by Gasteiger charge is -2.14. The monoisotopic (exact) mass is 279 g/mol. The molecule has 2 unspecified atom stereocenters. The second-order valence-corrected chi connectivity index (χ2v) is 5.25. The van der Waals surface area contributed by atoms with Crippen LogP contribution in [0.5, 0.6) is 0 Å². The van der Waals surface area contributed by atoms with E-state index in [1.807, 2.05) is 19.1 Å². The van der Waals surface area contributed by atoms with Crippen molar-refractivity contribution in [3.63, 3.8) is 0 Å². The van der Waals surface area contributed by atoms with Crippen LogP contribution in [0.4, 0.5) is 0 Å². The molecule has 0 aromatic heterocycles. The summed E-state index contributed by atoms with van der Waals surface area (Å²) in [5, 5.41) is 13.4. The zero-order chi connectivity index (χ0) is 14.8. The molecule has 0 amide bonds. The van der Waals surface area contributed by atoms with E-state index in [0.717, 1.165) is 38.2 Å².